The molecule has 0 unspecified atom stereocenters. The van der Waals surface area contributed by atoms with Crippen molar-refractivity contribution in [1.82, 2.24) is 14.8 Å². The normalized spacial score (nSPS) is 11.2. The van der Waals surface area contributed by atoms with Gasteiger partial charge in [0.15, 0.2) is 5.13 Å². The van der Waals surface area contributed by atoms with Crippen LogP contribution in [-0.2, 0) is 6.54 Å². The number of anilines is 1. The zero-order valence-corrected chi connectivity index (χ0v) is 18.2. The van der Waals surface area contributed by atoms with E-state index in [1.54, 1.807) is 34.0 Å². The number of aromatic nitrogens is 3. The lowest BCUT2D eigenvalue weighted by Gasteiger charge is -2.20. The summed E-state index contributed by atoms with van der Waals surface area (Å²) in [6.07, 6.45) is 3.57. The molecule has 148 valence electrons. The number of rotatable bonds is 5. The number of hydrogen-bond donors (Lipinski definition) is 0. The highest BCUT2D eigenvalue weighted by molar-refractivity contribution is 7.22. The second kappa shape index (κ2) is 8.14. The molecule has 29 heavy (non-hydrogen) atoms. The van der Waals surface area contributed by atoms with Gasteiger partial charge in [0, 0.05) is 24.0 Å². The van der Waals surface area contributed by atoms with Crippen LogP contribution >= 0.6 is 34.5 Å². The molecule has 0 radical (unpaired) electrons. The van der Waals surface area contributed by atoms with E-state index in [1.807, 2.05) is 19.2 Å². The molecule has 0 spiro atoms. The molecule has 2 aromatic heterocycles. The SMILES string of the molecule is Cc1cc(C)c2nc(N(CCn3cccn3)C(=O)c3cc(Cl)ccc3Cl)sc2c1. The van der Waals surface area contributed by atoms with Crippen LogP contribution in [0.25, 0.3) is 10.2 Å². The third kappa shape index (κ3) is 4.15. The molecule has 0 saturated heterocycles. The highest BCUT2D eigenvalue weighted by atomic mass is 35.5. The summed E-state index contributed by atoms with van der Waals surface area (Å²) >= 11 is 13.9. The topological polar surface area (TPSA) is 51.0 Å². The molecule has 4 aromatic rings. The standard InChI is InChI=1S/C21H18Cl2N4OS/c1-13-10-14(2)19-18(11-13)29-21(25-19)27(9-8-26-7-3-6-24-26)20(28)16-12-15(22)4-5-17(16)23/h3-7,10-12H,8-9H2,1-2H3. The minimum absolute atomic E-state index is 0.238. The quantitative estimate of drug-likeness (QED) is 0.392. The van der Waals surface area contributed by atoms with E-state index >= 15 is 0 Å². The molecule has 8 heteroatoms. The molecule has 1 amide bonds. The Bertz CT molecular complexity index is 1190. The summed E-state index contributed by atoms with van der Waals surface area (Å²) in [4.78, 5) is 19.8. The molecule has 0 atom stereocenters. The smallest absolute Gasteiger partial charge is 0.261 e. The number of carbonyl (C=O) groups is 1. The van der Waals surface area contributed by atoms with Gasteiger partial charge in [-0.05, 0) is 55.3 Å². The van der Waals surface area contributed by atoms with E-state index in [2.05, 4.69) is 24.2 Å². The lowest BCUT2D eigenvalue weighted by Crippen LogP contribution is -2.34. The van der Waals surface area contributed by atoms with E-state index < -0.39 is 0 Å². The van der Waals surface area contributed by atoms with Crippen LogP contribution in [0.3, 0.4) is 0 Å². The number of nitrogens with zero attached hydrogens (tertiary/aromatic N) is 4. The molecule has 0 fully saturated rings. The van der Waals surface area contributed by atoms with Crippen LogP contribution in [0.1, 0.15) is 21.5 Å². The number of benzene rings is 2. The average molecular weight is 445 g/mol. The lowest BCUT2D eigenvalue weighted by atomic mass is 10.1. The molecule has 0 N–H and O–H groups in total. The van der Waals surface area contributed by atoms with Crippen LogP contribution < -0.4 is 4.90 Å². The molecule has 0 saturated carbocycles. The van der Waals surface area contributed by atoms with Gasteiger partial charge in [0.05, 0.1) is 27.3 Å². The first-order chi connectivity index (χ1) is 13.9. The van der Waals surface area contributed by atoms with Crippen molar-refractivity contribution >= 4 is 55.8 Å². The molecular formula is C21H18Cl2N4OS. The monoisotopic (exact) mass is 444 g/mol. The molecular weight excluding hydrogens is 427 g/mol. The number of halogens is 2. The van der Waals surface area contributed by atoms with Gasteiger partial charge in [0.25, 0.3) is 5.91 Å². The van der Waals surface area contributed by atoms with Crippen LogP contribution in [0.2, 0.25) is 10.0 Å². The average Bonchev–Trinajstić information content (AvgIpc) is 3.33. The zero-order chi connectivity index (χ0) is 20.5. The fourth-order valence-electron chi connectivity index (χ4n) is 3.20. The minimum atomic E-state index is -0.238. The third-order valence-corrected chi connectivity index (χ3v) is 6.16. The van der Waals surface area contributed by atoms with Crippen LogP contribution in [0.15, 0.2) is 48.8 Å². The Morgan fingerprint density at radius 3 is 2.79 bits per heavy atom. The van der Waals surface area contributed by atoms with Crippen molar-refractivity contribution in [3.8, 4) is 0 Å². The lowest BCUT2D eigenvalue weighted by molar-refractivity contribution is 0.0986. The summed E-state index contributed by atoms with van der Waals surface area (Å²) in [5.41, 5.74) is 3.51. The van der Waals surface area contributed by atoms with Crippen molar-refractivity contribution in [3.05, 3.63) is 75.5 Å². The Morgan fingerprint density at radius 1 is 1.21 bits per heavy atom. The second-order valence-corrected chi connectivity index (χ2v) is 8.63. The van der Waals surface area contributed by atoms with Gasteiger partial charge in [0.2, 0.25) is 0 Å². The number of carbonyl (C=O) groups excluding carboxylic acids is 1. The second-order valence-electron chi connectivity index (χ2n) is 6.78. The van der Waals surface area contributed by atoms with Crippen molar-refractivity contribution in [2.75, 3.05) is 11.4 Å². The third-order valence-electron chi connectivity index (χ3n) is 4.57. The first-order valence-electron chi connectivity index (χ1n) is 9.04. The minimum Gasteiger partial charge on any atom is -0.282 e. The first-order valence-corrected chi connectivity index (χ1v) is 10.6. The highest BCUT2D eigenvalue weighted by Gasteiger charge is 2.24. The van der Waals surface area contributed by atoms with Gasteiger partial charge in [-0.15, -0.1) is 0 Å². The van der Waals surface area contributed by atoms with Gasteiger partial charge in [0.1, 0.15) is 0 Å². The number of aryl methyl sites for hydroxylation is 2. The Kier molecular flexibility index (Phi) is 5.58. The fourth-order valence-corrected chi connectivity index (χ4v) is 4.74. The van der Waals surface area contributed by atoms with Crippen molar-refractivity contribution < 1.29 is 4.79 Å². The summed E-state index contributed by atoms with van der Waals surface area (Å²) in [7, 11) is 0. The van der Waals surface area contributed by atoms with Crippen LogP contribution in [-0.4, -0.2) is 27.2 Å². The Labute approximate surface area is 182 Å². The Balaban J connectivity index is 1.76. The molecule has 2 aromatic carbocycles. The van der Waals surface area contributed by atoms with E-state index in [0.717, 1.165) is 21.3 Å². The molecule has 0 bridgehead atoms. The summed E-state index contributed by atoms with van der Waals surface area (Å²) in [6, 6.07) is 10.9. The Hall–Kier alpha value is -2.41. The predicted octanol–water partition coefficient (Wildman–Crippen LogP) is 5.76. The maximum absolute atomic E-state index is 13.4. The maximum atomic E-state index is 13.4. The van der Waals surface area contributed by atoms with Gasteiger partial charge in [-0.2, -0.15) is 5.10 Å². The van der Waals surface area contributed by atoms with E-state index in [9.17, 15) is 4.79 Å². The van der Waals surface area contributed by atoms with Gasteiger partial charge >= 0.3 is 0 Å². The number of fused-ring (bicyclic) bond motifs is 1. The van der Waals surface area contributed by atoms with Gasteiger partial charge in [-0.1, -0.05) is 40.6 Å². The van der Waals surface area contributed by atoms with E-state index in [4.69, 9.17) is 28.2 Å². The van der Waals surface area contributed by atoms with Gasteiger partial charge in [-0.25, -0.2) is 4.98 Å². The van der Waals surface area contributed by atoms with Crippen LogP contribution in [0.4, 0.5) is 5.13 Å². The summed E-state index contributed by atoms with van der Waals surface area (Å²) in [6.45, 7) is 5.02. The van der Waals surface area contributed by atoms with Crippen molar-refractivity contribution in [2.24, 2.45) is 0 Å². The maximum Gasteiger partial charge on any atom is 0.261 e. The molecule has 5 nitrogen and oxygen atoms in total. The zero-order valence-electron chi connectivity index (χ0n) is 15.9. The largest absolute Gasteiger partial charge is 0.282 e. The molecule has 2 heterocycles. The van der Waals surface area contributed by atoms with Crippen molar-refractivity contribution in [3.63, 3.8) is 0 Å². The van der Waals surface area contributed by atoms with Crippen LogP contribution in [0, 0.1) is 13.8 Å². The molecule has 0 aliphatic rings. The number of thiazole rings is 1. The van der Waals surface area contributed by atoms with Crippen molar-refractivity contribution in [1.29, 1.82) is 0 Å². The molecule has 0 aliphatic heterocycles. The van der Waals surface area contributed by atoms with Gasteiger partial charge < -0.3 is 0 Å². The summed E-state index contributed by atoms with van der Waals surface area (Å²) in [5.74, 6) is -0.238. The predicted molar refractivity (Wildman–Crippen MR) is 119 cm³/mol. The highest BCUT2D eigenvalue weighted by Crippen LogP contribution is 2.33. The molecule has 0 aliphatic carbocycles. The molecule has 4 rings (SSSR count). The van der Waals surface area contributed by atoms with Gasteiger partial charge in [-0.3, -0.25) is 14.4 Å². The van der Waals surface area contributed by atoms with E-state index in [0.29, 0.717) is 33.8 Å². The van der Waals surface area contributed by atoms with Crippen molar-refractivity contribution in [2.45, 2.75) is 20.4 Å². The summed E-state index contributed by atoms with van der Waals surface area (Å²) in [5, 5.41) is 5.67. The van der Waals surface area contributed by atoms with Crippen LogP contribution in [0.5, 0.6) is 0 Å². The fraction of sp³-hybridized carbons (Fsp3) is 0.190. The summed E-state index contributed by atoms with van der Waals surface area (Å²) < 4.78 is 2.83. The number of hydrogen-bond acceptors (Lipinski definition) is 4. The van der Waals surface area contributed by atoms with E-state index in [1.165, 1.54) is 11.3 Å². The van der Waals surface area contributed by atoms with E-state index in [-0.39, 0.29) is 5.91 Å². The number of amides is 1. The Morgan fingerprint density at radius 2 is 2.03 bits per heavy atom. The first kappa shape index (κ1) is 19.9.